The highest BCUT2D eigenvalue weighted by molar-refractivity contribution is 4.94. The van der Waals surface area contributed by atoms with Crippen molar-refractivity contribution in [1.82, 2.24) is 0 Å². The molecule has 2 bridgehead atoms. The van der Waals surface area contributed by atoms with E-state index in [4.69, 9.17) is 33.2 Å². The maximum absolute atomic E-state index is 11.2. The van der Waals surface area contributed by atoms with Crippen LogP contribution in [0.25, 0.3) is 0 Å². The molecule has 0 spiro atoms. The van der Waals surface area contributed by atoms with Gasteiger partial charge in [0.2, 0.25) is 0 Å². The van der Waals surface area contributed by atoms with E-state index in [0.29, 0.717) is 26.4 Å². The molecule has 266 valence electrons. The Hall–Kier alpha value is -0.440. The van der Waals surface area contributed by atoms with Crippen LogP contribution < -0.4 is 0 Å². The number of fused-ring (bicyclic) bond motifs is 21. The van der Waals surface area contributed by atoms with Gasteiger partial charge in [-0.2, -0.15) is 0 Å². The Morgan fingerprint density at radius 2 is 0.867 bits per heavy atom. The fourth-order valence-corrected chi connectivity index (χ4v) is 6.40. The minimum atomic E-state index is -1.47. The highest BCUT2D eigenvalue weighted by Crippen LogP contribution is 2.31. The summed E-state index contributed by atoms with van der Waals surface area (Å²) in [5.74, 6) is 0. The van der Waals surface area contributed by atoms with E-state index in [9.17, 15) is 20.4 Å². The average molecular weight is 649 g/mol. The predicted octanol–water partition coefficient (Wildman–Crippen LogP) is 4.00. The van der Waals surface area contributed by atoms with Gasteiger partial charge >= 0.3 is 0 Å². The maximum atomic E-state index is 11.2. The van der Waals surface area contributed by atoms with Crippen LogP contribution in [-0.2, 0) is 33.2 Å². The van der Waals surface area contributed by atoms with Crippen molar-refractivity contribution in [2.45, 2.75) is 178 Å². The Balaban J connectivity index is 1.68. The van der Waals surface area contributed by atoms with Gasteiger partial charge in [-0.05, 0) is 26.7 Å². The second kappa shape index (κ2) is 23.0. The smallest absolute Gasteiger partial charge is 0.187 e. The van der Waals surface area contributed by atoms with E-state index in [1.165, 1.54) is 64.2 Å². The number of aliphatic hydroxyl groups is 4. The number of hydrogen-bond donors (Lipinski definition) is 4. The van der Waals surface area contributed by atoms with Crippen molar-refractivity contribution in [3.05, 3.63) is 0 Å². The zero-order valence-corrected chi connectivity index (χ0v) is 28.0. The molecule has 4 N–H and O–H groups in total. The first-order chi connectivity index (χ1) is 22.0. The number of hydrogen-bond acceptors (Lipinski definition) is 11. The normalized spacial score (nSPS) is 38.3. The molecule has 0 amide bonds. The Kier molecular flexibility index (Phi) is 19.9. The lowest BCUT2D eigenvalue weighted by molar-refractivity contribution is -0.370. The Morgan fingerprint density at radius 1 is 0.444 bits per heavy atom. The summed E-state index contributed by atoms with van der Waals surface area (Å²) in [4.78, 5) is 0. The van der Waals surface area contributed by atoms with E-state index >= 15 is 0 Å². The third-order valence-corrected chi connectivity index (χ3v) is 9.18. The molecule has 0 aromatic rings. The average Bonchev–Trinajstić information content (AvgIpc) is 3.04. The molecule has 0 aromatic heterocycles. The summed E-state index contributed by atoms with van der Waals surface area (Å²) in [6.45, 7) is 5.61. The summed E-state index contributed by atoms with van der Waals surface area (Å²) < 4.78 is 41.5. The Labute approximate surface area is 271 Å². The Morgan fingerprint density at radius 3 is 1.38 bits per heavy atom. The molecule has 10 atom stereocenters. The molecule has 4 heterocycles. The third kappa shape index (κ3) is 13.5. The van der Waals surface area contributed by atoms with Gasteiger partial charge in [0.25, 0.3) is 0 Å². The molecule has 0 aliphatic carbocycles. The van der Waals surface area contributed by atoms with Gasteiger partial charge in [-0.1, -0.05) is 89.9 Å². The van der Waals surface area contributed by atoms with Crippen LogP contribution in [0.15, 0.2) is 0 Å². The van der Waals surface area contributed by atoms with Crippen molar-refractivity contribution >= 4 is 0 Å². The molecular formula is C34H64O11. The van der Waals surface area contributed by atoms with Gasteiger partial charge in [-0.15, -0.1) is 0 Å². The molecule has 0 aromatic carbocycles. The highest BCUT2D eigenvalue weighted by Gasteiger charge is 2.51. The van der Waals surface area contributed by atoms with E-state index in [1.807, 2.05) is 13.8 Å². The second-order valence-electron chi connectivity index (χ2n) is 12.8. The van der Waals surface area contributed by atoms with E-state index in [0.717, 1.165) is 38.5 Å². The minimum Gasteiger partial charge on any atom is -0.387 e. The lowest BCUT2D eigenvalue weighted by Gasteiger charge is -2.47. The molecule has 45 heavy (non-hydrogen) atoms. The summed E-state index contributed by atoms with van der Waals surface area (Å²) in [5, 5.41) is 44.2. The van der Waals surface area contributed by atoms with Crippen LogP contribution >= 0.6 is 0 Å². The fourth-order valence-electron chi connectivity index (χ4n) is 6.40. The molecule has 4 aliphatic rings. The summed E-state index contributed by atoms with van der Waals surface area (Å²) >= 11 is 0. The van der Waals surface area contributed by atoms with Gasteiger partial charge in [0.05, 0.1) is 13.2 Å². The molecule has 11 nitrogen and oxygen atoms in total. The molecule has 0 radical (unpaired) electrons. The molecule has 4 fully saturated rings. The summed E-state index contributed by atoms with van der Waals surface area (Å²) in [7, 11) is 0. The fraction of sp³-hybridized carbons (Fsp3) is 1.00. The third-order valence-electron chi connectivity index (χ3n) is 9.18. The van der Waals surface area contributed by atoms with Gasteiger partial charge in [0, 0.05) is 26.4 Å². The standard InChI is InChI=1S/C34H64O11/c1-3-39-23-25-27(35)28(36)32-34(43-25)42-22-20-18-16-14-12-10-8-6-5-7-9-11-13-15-17-19-21-41-31-26(24-40-4-2)44-33(45-32)30(38)29(31)37/h25-38H,3-24H2,1-2H3. The van der Waals surface area contributed by atoms with Gasteiger partial charge < -0.3 is 53.6 Å². The van der Waals surface area contributed by atoms with Gasteiger partial charge in [-0.3, -0.25) is 0 Å². The lowest BCUT2D eigenvalue weighted by Crippen LogP contribution is -2.65. The summed E-state index contributed by atoms with van der Waals surface area (Å²) in [6.07, 6.45) is 7.49. The van der Waals surface area contributed by atoms with Crippen LogP contribution in [0.3, 0.4) is 0 Å². The Bertz CT molecular complexity index is 730. The van der Waals surface area contributed by atoms with Gasteiger partial charge in [-0.25, -0.2) is 0 Å². The first-order valence-electron chi connectivity index (χ1n) is 18.0. The largest absolute Gasteiger partial charge is 0.387 e. The topological polar surface area (TPSA) is 146 Å². The monoisotopic (exact) mass is 648 g/mol. The van der Waals surface area contributed by atoms with Crippen molar-refractivity contribution in [1.29, 1.82) is 0 Å². The van der Waals surface area contributed by atoms with E-state index in [2.05, 4.69) is 0 Å². The summed E-state index contributed by atoms with van der Waals surface area (Å²) in [6, 6.07) is 0. The zero-order chi connectivity index (χ0) is 32.3. The lowest BCUT2D eigenvalue weighted by atomic mass is 9.97. The number of aliphatic hydroxyl groups excluding tert-OH is 4. The van der Waals surface area contributed by atoms with Crippen LogP contribution in [0, 0.1) is 0 Å². The van der Waals surface area contributed by atoms with Crippen molar-refractivity contribution in [2.24, 2.45) is 0 Å². The minimum absolute atomic E-state index is 0.0814. The molecule has 4 rings (SSSR count). The van der Waals surface area contributed by atoms with Crippen LogP contribution in [-0.4, -0.2) is 121 Å². The van der Waals surface area contributed by atoms with Crippen molar-refractivity contribution < 1.29 is 53.6 Å². The molecular weight excluding hydrogens is 584 g/mol. The van der Waals surface area contributed by atoms with Crippen molar-refractivity contribution in [2.75, 3.05) is 39.6 Å². The quantitative estimate of drug-likeness (QED) is 0.332. The van der Waals surface area contributed by atoms with Gasteiger partial charge in [0.15, 0.2) is 12.6 Å². The molecule has 4 aliphatic heterocycles. The molecule has 11 heteroatoms. The summed E-state index contributed by atoms with van der Waals surface area (Å²) in [5.41, 5.74) is 0. The van der Waals surface area contributed by atoms with Gasteiger partial charge in [0.1, 0.15) is 48.8 Å². The maximum Gasteiger partial charge on any atom is 0.187 e. The SMILES string of the molecule is CCOCC1OC2OCCCCCCCCCCCCCCCCCCOC3C(COCC)OC(OC2C(O)C1O)C(O)C3O. The van der Waals surface area contributed by atoms with Crippen LogP contribution in [0.4, 0.5) is 0 Å². The molecule has 4 saturated heterocycles. The molecule has 10 unspecified atom stereocenters. The predicted molar refractivity (Wildman–Crippen MR) is 169 cm³/mol. The number of rotatable bonds is 6. The first-order valence-corrected chi connectivity index (χ1v) is 18.0. The van der Waals surface area contributed by atoms with Crippen molar-refractivity contribution in [3.8, 4) is 0 Å². The van der Waals surface area contributed by atoms with E-state index in [-0.39, 0.29) is 13.2 Å². The zero-order valence-electron chi connectivity index (χ0n) is 28.0. The second-order valence-corrected chi connectivity index (χ2v) is 12.8. The first kappa shape index (κ1) is 39.0. The number of ether oxygens (including phenoxy) is 7. The van der Waals surface area contributed by atoms with Crippen LogP contribution in [0.2, 0.25) is 0 Å². The van der Waals surface area contributed by atoms with Crippen LogP contribution in [0.5, 0.6) is 0 Å². The highest BCUT2D eigenvalue weighted by atomic mass is 16.8. The van der Waals surface area contributed by atoms with E-state index < -0.39 is 61.4 Å². The van der Waals surface area contributed by atoms with Crippen LogP contribution in [0.1, 0.15) is 117 Å². The van der Waals surface area contributed by atoms with Crippen molar-refractivity contribution in [3.63, 3.8) is 0 Å². The molecule has 0 saturated carbocycles. The van der Waals surface area contributed by atoms with E-state index in [1.54, 1.807) is 0 Å².